The molecule has 2 unspecified atom stereocenters. The van der Waals surface area contributed by atoms with E-state index in [2.05, 4.69) is 5.32 Å². The molecule has 1 amide bonds. The van der Waals surface area contributed by atoms with Gasteiger partial charge in [-0.25, -0.2) is 8.42 Å². The third kappa shape index (κ3) is 3.32. The summed E-state index contributed by atoms with van der Waals surface area (Å²) >= 11 is 0. The van der Waals surface area contributed by atoms with Crippen molar-refractivity contribution < 1.29 is 13.2 Å². The summed E-state index contributed by atoms with van der Waals surface area (Å²) in [5.74, 6) is 0.116. The van der Waals surface area contributed by atoms with E-state index in [1.54, 1.807) is 0 Å². The normalized spacial score (nSPS) is 28.8. The molecule has 2 aliphatic rings. The lowest BCUT2D eigenvalue weighted by molar-refractivity contribution is -0.135. The minimum atomic E-state index is -3.29. The monoisotopic (exact) mass is 303 g/mol. The molecule has 2 aliphatic heterocycles. The van der Waals surface area contributed by atoms with Crippen molar-refractivity contribution in [3.63, 3.8) is 0 Å². The Kier molecular flexibility index (Phi) is 5.04. The molecule has 0 aromatic carbocycles. The number of carbonyl (C=O) groups excluding carboxylic acids is 1. The zero-order chi connectivity index (χ0) is 14.8. The van der Waals surface area contributed by atoms with E-state index in [0.717, 1.165) is 13.0 Å². The molecule has 116 valence electrons. The number of amides is 1. The summed E-state index contributed by atoms with van der Waals surface area (Å²) in [7, 11) is -3.29. The van der Waals surface area contributed by atoms with Crippen LogP contribution in [0.2, 0.25) is 0 Å². The fourth-order valence-electron chi connectivity index (χ4n) is 3.04. The van der Waals surface area contributed by atoms with Crippen LogP contribution >= 0.6 is 0 Å². The van der Waals surface area contributed by atoms with E-state index in [1.165, 1.54) is 4.31 Å². The van der Waals surface area contributed by atoms with Crippen molar-refractivity contribution in [2.24, 2.45) is 0 Å². The number of carbonyl (C=O) groups is 1. The van der Waals surface area contributed by atoms with Gasteiger partial charge in [-0.3, -0.25) is 4.79 Å². The summed E-state index contributed by atoms with van der Waals surface area (Å²) < 4.78 is 25.9. The number of piperazine rings is 1. The van der Waals surface area contributed by atoms with Gasteiger partial charge >= 0.3 is 0 Å². The van der Waals surface area contributed by atoms with Gasteiger partial charge < -0.3 is 10.2 Å². The molecular formula is C13H25N3O3S. The third-order valence-corrected chi connectivity index (χ3v) is 6.06. The van der Waals surface area contributed by atoms with Gasteiger partial charge in [-0.05, 0) is 26.2 Å². The van der Waals surface area contributed by atoms with Crippen molar-refractivity contribution in [1.82, 2.24) is 14.5 Å². The molecule has 6 nitrogen and oxygen atoms in total. The van der Waals surface area contributed by atoms with Crippen LogP contribution in [0.5, 0.6) is 0 Å². The van der Waals surface area contributed by atoms with Crippen LogP contribution in [0, 0.1) is 0 Å². The molecule has 0 radical (unpaired) electrons. The molecule has 2 heterocycles. The lowest BCUT2D eigenvalue weighted by Crippen LogP contribution is -2.56. The van der Waals surface area contributed by atoms with Crippen LogP contribution in [0.4, 0.5) is 0 Å². The lowest BCUT2D eigenvalue weighted by atomic mass is 10.1. The van der Waals surface area contributed by atoms with Crippen LogP contribution in [0.1, 0.15) is 33.1 Å². The van der Waals surface area contributed by atoms with E-state index in [1.807, 2.05) is 18.7 Å². The molecule has 0 spiro atoms. The lowest BCUT2D eigenvalue weighted by Gasteiger charge is -2.35. The SMILES string of the molecule is CCCS(=O)(=O)N1CCCC1C(=O)N1CCNC(C)C1. The maximum absolute atomic E-state index is 12.6. The Morgan fingerprint density at radius 3 is 2.75 bits per heavy atom. The predicted octanol–water partition coefficient (Wildman–Crippen LogP) is 0.0109. The second kappa shape index (κ2) is 6.41. The minimum Gasteiger partial charge on any atom is -0.338 e. The summed E-state index contributed by atoms with van der Waals surface area (Å²) in [6.07, 6.45) is 2.02. The fourth-order valence-corrected chi connectivity index (χ4v) is 4.78. The van der Waals surface area contributed by atoms with E-state index >= 15 is 0 Å². The molecule has 1 N–H and O–H groups in total. The first kappa shape index (κ1) is 15.7. The standard InChI is InChI=1S/C13H25N3O3S/c1-3-9-20(18,19)16-7-4-5-12(16)13(17)15-8-6-14-11(2)10-15/h11-12,14H,3-10H2,1-2H3. The maximum atomic E-state index is 12.6. The number of hydrogen-bond acceptors (Lipinski definition) is 4. The van der Waals surface area contributed by atoms with Crippen molar-refractivity contribution in [2.45, 2.75) is 45.2 Å². The van der Waals surface area contributed by atoms with Gasteiger partial charge in [0.2, 0.25) is 15.9 Å². The fraction of sp³-hybridized carbons (Fsp3) is 0.923. The van der Waals surface area contributed by atoms with Gasteiger partial charge in [-0.1, -0.05) is 6.92 Å². The zero-order valence-electron chi connectivity index (χ0n) is 12.3. The smallest absolute Gasteiger partial charge is 0.241 e. The molecule has 0 saturated carbocycles. The molecule has 0 aliphatic carbocycles. The maximum Gasteiger partial charge on any atom is 0.241 e. The topological polar surface area (TPSA) is 69.7 Å². The number of sulfonamides is 1. The molecule has 20 heavy (non-hydrogen) atoms. The zero-order valence-corrected chi connectivity index (χ0v) is 13.2. The minimum absolute atomic E-state index is 0.0180. The number of rotatable bonds is 4. The van der Waals surface area contributed by atoms with Gasteiger partial charge in [0.15, 0.2) is 0 Å². The Balaban J connectivity index is 2.08. The van der Waals surface area contributed by atoms with E-state index in [9.17, 15) is 13.2 Å². The molecule has 2 atom stereocenters. The van der Waals surface area contributed by atoms with E-state index in [4.69, 9.17) is 0 Å². The second-order valence-corrected chi connectivity index (χ2v) is 7.77. The Bertz CT molecular complexity index is 452. The van der Waals surface area contributed by atoms with Crippen molar-refractivity contribution in [1.29, 1.82) is 0 Å². The highest BCUT2D eigenvalue weighted by Crippen LogP contribution is 2.24. The van der Waals surface area contributed by atoms with Gasteiger partial charge in [-0.15, -0.1) is 0 Å². The van der Waals surface area contributed by atoms with Crippen LogP contribution in [-0.2, 0) is 14.8 Å². The second-order valence-electron chi connectivity index (χ2n) is 5.72. The molecular weight excluding hydrogens is 278 g/mol. The molecule has 2 fully saturated rings. The summed E-state index contributed by atoms with van der Waals surface area (Å²) in [6, 6.07) is -0.202. The third-order valence-electron chi connectivity index (χ3n) is 3.99. The molecule has 2 rings (SSSR count). The Labute approximate surface area is 121 Å². The number of hydrogen-bond donors (Lipinski definition) is 1. The van der Waals surface area contributed by atoms with Gasteiger partial charge in [0, 0.05) is 32.2 Å². The van der Waals surface area contributed by atoms with Crippen LogP contribution < -0.4 is 5.32 Å². The summed E-state index contributed by atoms with van der Waals surface area (Å²) in [4.78, 5) is 14.4. The van der Waals surface area contributed by atoms with Gasteiger partial charge in [0.1, 0.15) is 6.04 Å². The Morgan fingerprint density at radius 2 is 2.10 bits per heavy atom. The Hall–Kier alpha value is -0.660. The average Bonchev–Trinajstić information content (AvgIpc) is 2.87. The summed E-state index contributed by atoms with van der Waals surface area (Å²) in [5.41, 5.74) is 0. The molecule has 0 aromatic heterocycles. The van der Waals surface area contributed by atoms with Crippen LogP contribution in [0.3, 0.4) is 0 Å². The molecule has 2 saturated heterocycles. The van der Waals surface area contributed by atoms with Gasteiger partial charge in [0.05, 0.1) is 5.75 Å². The van der Waals surface area contributed by atoms with Crippen molar-refractivity contribution >= 4 is 15.9 Å². The van der Waals surface area contributed by atoms with Gasteiger partial charge in [0.25, 0.3) is 0 Å². The predicted molar refractivity (Wildman–Crippen MR) is 77.9 cm³/mol. The average molecular weight is 303 g/mol. The summed E-state index contributed by atoms with van der Waals surface area (Å²) in [6.45, 7) is 6.49. The quantitative estimate of drug-likeness (QED) is 0.794. The van der Waals surface area contributed by atoms with Crippen LogP contribution in [-0.4, -0.2) is 67.5 Å². The first-order valence-electron chi connectivity index (χ1n) is 7.47. The summed E-state index contributed by atoms with van der Waals surface area (Å²) in [5, 5.41) is 3.29. The highest BCUT2D eigenvalue weighted by molar-refractivity contribution is 7.89. The first-order valence-corrected chi connectivity index (χ1v) is 9.08. The first-order chi connectivity index (χ1) is 9.45. The van der Waals surface area contributed by atoms with E-state index in [0.29, 0.717) is 32.5 Å². The molecule has 0 bridgehead atoms. The van der Waals surface area contributed by atoms with Crippen LogP contribution in [0.25, 0.3) is 0 Å². The van der Waals surface area contributed by atoms with Crippen molar-refractivity contribution in [3.8, 4) is 0 Å². The highest BCUT2D eigenvalue weighted by Gasteiger charge is 2.40. The Morgan fingerprint density at radius 1 is 1.35 bits per heavy atom. The highest BCUT2D eigenvalue weighted by atomic mass is 32.2. The van der Waals surface area contributed by atoms with Crippen molar-refractivity contribution in [3.05, 3.63) is 0 Å². The van der Waals surface area contributed by atoms with E-state index in [-0.39, 0.29) is 17.7 Å². The van der Waals surface area contributed by atoms with Crippen molar-refractivity contribution in [2.75, 3.05) is 31.9 Å². The molecule has 0 aromatic rings. The molecule has 7 heteroatoms. The number of nitrogens with zero attached hydrogens (tertiary/aromatic N) is 2. The largest absolute Gasteiger partial charge is 0.338 e. The number of nitrogens with one attached hydrogen (secondary N) is 1. The van der Waals surface area contributed by atoms with Gasteiger partial charge in [-0.2, -0.15) is 4.31 Å². The van der Waals surface area contributed by atoms with E-state index < -0.39 is 16.1 Å². The van der Waals surface area contributed by atoms with Crippen LogP contribution in [0.15, 0.2) is 0 Å².